The Morgan fingerprint density at radius 3 is 2.64 bits per heavy atom. The standard InChI is InChI=1S/C25H33N9O2/c1-5-33-14-18(12-29-33)30-24-22(23(26)35)28-13-21(32-24)34-10-6-7-20(16(34)4)31-25(36)17-8-9-19(15(2)3)27-11-17/h8-9,11-16,20H,5-7,10H2,1-4H3,(H2,26,35)(H,30,32)(H,31,36)/t16-,20-/m1/s1. The second-order valence-corrected chi connectivity index (χ2v) is 9.28. The second-order valence-electron chi connectivity index (χ2n) is 9.28. The van der Waals surface area contributed by atoms with Gasteiger partial charge in [-0.25, -0.2) is 9.97 Å². The predicted octanol–water partition coefficient (Wildman–Crippen LogP) is 2.84. The van der Waals surface area contributed by atoms with Crippen LogP contribution in [0.15, 0.2) is 36.9 Å². The van der Waals surface area contributed by atoms with Gasteiger partial charge in [-0.05, 0) is 44.7 Å². The summed E-state index contributed by atoms with van der Waals surface area (Å²) in [6, 6.07) is 3.57. The summed E-state index contributed by atoms with van der Waals surface area (Å²) in [6.07, 6.45) is 8.36. The van der Waals surface area contributed by atoms with Crippen LogP contribution < -0.4 is 21.3 Å². The topological polar surface area (TPSA) is 144 Å². The second kappa shape index (κ2) is 10.7. The lowest BCUT2D eigenvalue weighted by atomic mass is 9.97. The van der Waals surface area contributed by atoms with E-state index in [1.807, 2.05) is 32.2 Å². The Morgan fingerprint density at radius 2 is 2.00 bits per heavy atom. The van der Waals surface area contributed by atoms with Gasteiger partial charge in [0.25, 0.3) is 11.8 Å². The molecule has 1 aliphatic rings. The van der Waals surface area contributed by atoms with Crippen molar-refractivity contribution in [2.75, 3.05) is 16.8 Å². The van der Waals surface area contributed by atoms with Gasteiger partial charge >= 0.3 is 0 Å². The molecule has 0 aromatic carbocycles. The zero-order valence-corrected chi connectivity index (χ0v) is 21.1. The van der Waals surface area contributed by atoms with Crippen molar-refractivity contribution < 1.29 is 9.59 Å². The van der Waals surface area contributed by atoms with Crippen molar-refractivity contribution in [3.05, 3.63) is 53.9 Å². The quantitative estimate of drug-likeness (QED) is 0.436. The normalized spacial score (nSPS) is 17.8. The molecule has 4 rings (SSSR count). The highest BCUT2D eigenvalue weighted by atomic mass is 16.2. The van der Waals surface area contributed by atoms with Gasteiger partial charge in [0, 0.05) is 43.3 Å². The van der Waals surface area contributed by atoms with Crippen LogP contribution in [-0.4, -0.2) is 55.2 Å². The van der Waals surface area contributed by atoms with Crippen LogP contribution in [-0.2, 0) is 6.54 Å². The first-order valence-electron chi connectivity index (χ1n) is 12.3. The molecule has 3 aromatic rings. The number of piperidine rings is 1. The van der Waals surface area contributed by atoms with E-state index in [0.717, 1.165) is 25.1 Å². The number of nitrogens with zero attached hydrogens (tertiary/aromatic N) is 6. The van der Waals surface area contributed by atoms with Crippen LogP contribution in [0.25, 0.3) is 0 Å². The van der Waals surface area contributed by atoms with E-state index >= 15 is 0 Å². The molecule has 1 aliphatic heterocycles. The minimum atomic E-state index is -0.673. The first-order valence-corrected chi connectivity index (χ1v) is 12.3. The van der Waals surface area contributed by atoms with E-state index in [4.69, 9.17) is 5.73 Å². The van der Waals surface area contributed by atoms with Gasteiger partial charge in [0.1, 0.15) is 5.82 Å². The Labute approximate surface area is 210 Å². The molecule has 36 heavy (non-hydrogen) atoms. The van der Waals surface area contributed by atoms with E-state index < -0.39 is 5.91 Å². The summed E-state index contributed by atoms with van der Waals surface area (Å²) in [5.41, 5.74) is 7.76. The number of anilines is 3. The van der Waals surface area contributed by atoms with Crippen molar-refractivity contribution in [1.29, 1.82) is 0 Å². The molecule has 11 nitrogen and oxygen atoms in total. The average molecular weight is 492 g/mol. The van der Waals surface area contributed by atoms with Crippen LogP contribution >= 0.6 is 0 Å². The van der Waals surface area contributed by atoms with Crippen LogP contribution in [0, 0.1) is 0 Å². The lowest BCUT2D eigenvalue weighted by Crippen LogP contribution is -2.54. The summed E-state index contributed by atoms with van der Waals surface area (Å²) < 4.78 is 1.76. The summed E-state index contributed by atoms with van der Waals surface area (Å²) >= 11 is 0. The number of aryl methyl sites for hydroxylation is 1. The van der Waals surface area contributed by atoms with E-state index in [1.165, 1.54) is 0 Å². The number of hydrogen-bond acceptors (Lipinski definition) is 8. The Bertz CT molecular complexity index is 1220. The lowest BCUT2D eigenvalue weighted by molar-refractivity contribution is 0.0923. The number of carbonyl (C=O) groups is 2. The van der Waals surface area contributed by atoms with Gasteiger partial charge in [0.15, 0.2) is 11.5 Å². The van der Waals surface area contributed by atoms with Gasteiger partial charge in [-0.1, -0.05) is 13.8 Å². The molecule has 2 atom stereocenters. The summed E-state index contributed by atoms with van der Waals surface area (Å²) in [5, 5.41) is 10.5. The van der Waals surface area contributed by atoms with E-state index in [1.54, 1.807) is 23.3 Å². The molecule has 0 radical (unpaired) electrons. The number of nitrogens with one attached hydrogen (secondary N) is 2. The molecule has 4 N–H and O–H groups in total. The highest BCUT2D eigenvalue weighted by Gasteiger charge is 2.31. The first kappa shape index (κ1) is 25.1. The van der Waals surface area contributed by atoms with Crippen LogP contribution in [0.1, 0.15) is 73.0 Å². The van der Waals surface area contributed by atoms with E-state index in [9.17, 15) is 9.59 Å². The number of aromatic nitrogens is 5. The molecule has 190 valence electrons. The van der Waals surface area contributed by atoms with E-state index in [-0.39, 0.29) is 29.5 Å². The summed E-state index contributed by atoms with van der Waals surface area (Å²) in [5.74, 6) is 0.346. The van der Waals surface area contributed by atoms with Gasteiger partial charge in [0.2, 0.25) is 0 Å². The molecule has 2 amide bonds. The summed E-state index contributed by atoms with van der Waals surface area (Å²) in [6.45, 7) is 9.63. The average Bonchev–Trinajstić information content (AvgIpc) is 3.32. The maximum absolute atomic E-state index is 12.9. The minimum absolute atomic E-state index is 0.0463. The van der Waals surface area contributed by atoms with Crippen molar-refractivity contribution in [3.8, 4) is 0 Å². The first-order chi connectivity index (χ1) is 17.3. The molecule has 1 fully saturated rings. The number of amides is 2. The Kier molecular flexibility index (Phi) is 7.47. The Balaban J connectivity index is 1.52. The number of carbonyl (C=O) groups excluding carboxylic acids is 2. The lowest BCUT2D eigenvalue weighted by Gasteiger charge is -2.40. The molecule has 0 saturated carbocycles. The third-order valence-corrected chi connectivity index (χ3v) is 6.45. The summed E-state index contributed by atoms with van der Waals surface area (Å²) in [7, 11) is 0. The SMILES string of the molecule is CCn1cc(Nc2nc(N3CCC[C@@H](NC(=O)c4ccc(C(C)C)nc4)[C@H]3C)cnc2C(N)=O)cn1. The zero-order chi connectivity index (χ0) is 25.8. The van der Waals surface area contributed by atoms with Gasteiger partial charge in [-0.2, -0.15) is 5.10 Å². The van der Waals surface area contributed by atoms with Gasteiger partial charge in [0.05, 0.1) is 23.6 Å². The molecular formula is C25H33N9O2. The largest absolute Gasteiger partial charge is 0.364 e. The zero-order valence-electron chi connectivity index (χ0n) is 21.1. The Hall–Kier alpha value is -4.02. The number of nitrogens with two attached hydrogens (primary N) is 1. The van der Waals surface area contributed by atoms with Crippen molar-refractivity contribution in [3.63, 3.8) is 0 Å². The molecule has 0 aliphatic carbocycles. The predicted molar refractivity (Wildman–Crippen MR) is 137 cm³/mol. The monoisotopic (exact) mass is 491 g/mol. The third kappa shape index (κ3) is 5.45. The van der Waals surface area contributed by atoms with Gasteiger partial charge in [-0.15, -0.1) is 0 Å². The van der Waals surface area contributed by atoms with Crippen molar-refractivity contribution in [1.82, 2.24) is 30.0 Å². The fourth-order valence-corrected chi connectivity index (χ4v) is 4.32. The highest BCUT2D eigenvalue weighted by Crippen LogP contribution is 2.26. The molecule has 1 saturated heterocycles. The fraction of sp³-hybridized carbons (Fsp3) is 0.440. The van der Waals surface area contributed by atoms with Crippen molar-refractivity contribution in [2.45, 2.75) is 65.1 Å². The maximum Gasteiger partial charge on any atom is 0.271 e. The number of rotatable bonds is 8. The molecule has 0 unspecified atom stereocenters. The molecule has 0 spiro atoms. The van der Waals surface area contributed by atoms with Crippen molar-refractivity contribution >= 4 is 29.1 Å². The number of primary amides is 1. The highest BCUT2D eigenvalue weighted by molar-refractivity contribution is 5.96. The molecule has 3 aromatic heterocycles. The minimum Gasteiger partial charge on any atom is -0.364 e. The number of pyridine rings is 1. The van der Waals surface area contributed by atoms with Crippen molar-refractivity contribution in [2.24, 2.45) is 5.73 Å². The Morgan fingerprint density at radius 1 is 1.19 bits per heavy atom. The smallest absolute Gasteiger partial charge is 0.271 e. The maximum atomic E-state index is 12.9. The summed E-state index contributed by atoms with van der Waals surface area (Å²) in [4.78, 5) is 40.4. The molecule has 11 heteroatoms. The van der Waals surface area contributed by atoms with Crippen LogP contribution in [0.4, 0.5) is 17.3 Å². The van der Waals surface area contributed by atoms with E-state index in [2.05, 4.69) is 49.4 Å². The number of hydrogen-bond donors (Lipinski definition) is 3. The molecule has 4 heterocycles. The van der Waals surface area contributed by atoms with Crippen LogP contribution in [0.3, 0.4) is 0 Å². The molecular weight excluding hydrogens is 458 g/mol. The van der Waals surface area contributed by atoms with E-state index in [0.29, 0.717) is 29.5 Å². The van der Waals surface area contributed by atoms with Crippen LogP contribution in [0.5, 0.6) is 0 Å². The fourth-order valence-electron chi connectivity index (χ4n) is 4.32. The van der Waals surface area contributed by atoms with Gasteiger partial charge < -0.3 is 21.3 Å². The third-order valence-electron chi connectivity index (χ3n) is 6.45. The van der Waals surface area contributed by atoms with Crippen LogP contribution in [0.2, 0.25) is 0 Å². The molecule has 0 bridgehead atoms. The van der Waals surface area contributed by atoms with Gasteiger partial charge in [-0.3, -0.25) is 19.3 Å².